The Morgan fingerprint density at radius 3 is 2.23 bits per heavy atom. The van der Waals surface area contributed by atoms with Gasteiger partial charge in [0.05, 0.1) is 21.7 Å². The zero-order chi connectivity index (χ0) is 18.3. The second kappa shape index (κ2) is 6.08. The summed E-state index contributed by atoms with van der Waals surface area (Å²) in [5.74, 6) is -2.09. The van der Waals surface area contributed by atoms with Gasteiger partial charge < -0.3 is 5.32 Å². The maximum absolute atomic E-state index is 12.5. The van der Waals surface area contributed by atoms with Crippen LogP contribution in [0.4, 0.5) is 11.6 Å². The van der Waals surface area contributed by atoms with Crippen LogP contribution >= 0.6 is 11.6 Å². The minimum absolute atomic E-state index is 0.163. The van der Waals surface area contributed by atoms with Crippen molar-refractivity contribution in [1.29, 1.82) is 0 Å². The average Bonchev–Trinajstić information content (AvgIpc) is 3.18. The summed E-state index contributed by atoms with van der Waals surface area (Å²) in [6.07, 6.45) is 0. The number of hydrogen-bond acceptors (Lipinski definition) is 6. The van der Waals surface area contributed by atoms with Gasteiger partial charge in [-0.15, -0.1) is 0 Å². The number of aromatic nitrogens is 2. The molecular weight excluding hydrogens is 360 g/mol. The summed E-state index contributed by atoms with van der Waals surface area (Å²) in [5, 5.41) is 9.88. The summed E-state index contributed by atoms with van der Waals surface area (Å²) in [7, 11) is 0. The topological polar surface area (TPSA) is 105 Å². The van der Waals surface area contributed by atoms with Crippen molar-refractivity contribution < 1.29 is 19.0 Å². The molecule has 3 amide bonds. The van der Waals surface area contributed by atoms with Gasteiger partial charge in [0.1, 0.15) is 0 Å². The lowest BCUT2D eigenvalue weighted by atomic mass is 10.1. The first-order valence-electron chi connectivity index (χ1n) is 7.44. The van der Waals surface area contributed by atoms with E-state index < -0.39 is 17.7 Å². The maximum Gasteiger partial charge on any atom is 0.267 e. The van der Waals surface area contributed by atoms with E-state index in [1.165, 1.54) is 18.2 Å². The first kappa shape index (κ1) is 16.0. The summed E-state index contributed by atoms with van der Waals surface area (Å²) in [4.78, 5) is 38.3. The van der Waals surface area contributed by atoms with Crippen LogP contribution in [-0.2, 0) is 0 Å². The summed E-state index contributed by atoms with van der Waals surface area (Å²) < 4.78 is 4.63. The predicted octanol–water partition coefficient (Wildman–Crippen LogP) is 2.78. The smallest absolute Gasteiger partial charge is 0.267 e. The molecule has 128 valence electrons. The third-order valence-electron chi connectivity index (χ3n) is 3.83. The third kappa shape index (κ3) is 2.44. The van der Waals surface area contributed by atoms with E-state index in [-0.39, 0.29) is 33.3 Å². The Hall–Kier alpha value is -3.52. The molecule has 2 aromatic carbocycles. The molecule has 0 unspecified atom stereocenters. The van der Waals surface area contributed by atoms with Crippen LogP contribution < -0.4 is 10.2 Å². The molecule has 9 heteroatoms. The largest absolute Gasteiger partial charge is 0.300 e. The Balaban J connectivity index is 1.67. The highest BCUT2D eigenvalue weighted by Gasteiger charge is 2.40. The van der Waals surface area contributed by atoms with Crippen molar-refractivity contribution in [2.75, 3.05) is 10.2 Å². The van der Waals surface area contributed by atoms with Crippen LogP contribution in [0.2, 0.25) is 5.02 Å². The average molecular weight is 369 g/mol. The number of amides is 3. The van der Waals surface area contributed by atoms with Crippen LogP contribution in [-0.4, -0.2) is 28.0 Å². The first-order chi connectivity index (χ1) is 12.6. The molecule has 0 saturated carbocycles. The van der Waals surface area contributed by atoms with E-state index in [4.69, 9.17) is 11.6 Å². The summed E-state index contributed by atoms with van der Waals surface area (Å²) in [6.45, 7) is 0. The second-order valence-corrected chi connectivity index (χ2v) is 5.77. The fourth-order valence-electron chi connectivity index (χ4n) is 2.61. The molecule has 8 nitrogen and oxygen atoms in total. The van der Waals surface area contributed by atoms with Crippen LogP contribution in [0.3, 0.4) is 0 Å². The van der Waals surface area contributed by atoms with Crippen LogP contribution in [0.5, 0.6) is 0 Å². The zero-order valence-corrected chi connectivity index (χ0v) is 13.7. The molecule has 3 aromatic rings. The Morgan fingerprint density at radius 2 is 1.58 bits per heavy atom. The van der Waals surface area contributed by atoms with Gasteiger partial charge in [-0.3, -0.25) is 14.4 Å². The van der Waals surface area contributed by atoms with Gasteiger partial charge in [-0.2, -0.15) is 0 Å². The quantitative estimate of drug-likeness (QED) is 0.712. The molecule has 0 radical (unpaired) electrons. The fraction of sp³-hybridized carbons (Fsp3) is 0. The van der Waals surface area contributed by atoms with Gasteiger partial charge in [-0.1, -0.05) is 35.9 Å². The molecular formula is C17H9ClN4O4. The number of hydrogen-bond donors (Lipinski definition) is 1. The molecule has 1 N–H and O–H groups in total. The molecule has 0 saturated heterocycles. The second-order valence-electron chi connectivity index (χ2n) is 5.36. The highest BCUT2D eigenvalue weighted by Crippen LogP contribution is 2.31. The van der Waals surface area contributed by atoms with E-state index in [0.29, 0.717) is 0 Å². The molecule has 2 heterocycles. The molecule has 0 fully saturated rings. The molecule has 1 aliphatic heterocycles. The maximum atomic E-state index is 12.5. The number of fused-ring (bicyclic) bond motifs is 1. The Morgan fingerprint density at radius 1 is 0.962 bits per heavy atom. The number of halogens is 1. The lowest BCUT2D eigenvalue weighted by Crippen LogP contribution is -2.30. The molecule has 4 rings (SSSR count). The van der Waals surface area contributed by atoms with Crippen LogP contribution in [0.1, 0.15) is 31.1 Å². The molecule has 0 bridgehead atoms. The van der Waals surface area contributed by atoms with Crippen molar-refractivity contribution in [3.8, 4) is 0 Å². The summed E-state index contributed by atoms with van der Waals surface area (Å²) in [6, 6.07) is 12.8. The first-order valence-corrected chi connectivity index (χ1v) is 7.82. The van der Waals surface area contributed by atoms with E-state index in [1.54, 1.807) is 30.3 Å². The third-order valence-corrected chi connectivity index (χ3v) is 4.16. The Bertz CT molecular complexity index is 1030. The van der Waals surface area contributed by atoms with E-state index in [2.05, 4.69) is 20.3 Å². The van der Waals surface area contributed by atoms with Crippen molar-refractivity contribution in [2.24, 2.45) is 0 Å². The number of anilines is 2. The van der Waals surface area contributed by atoms with Gasteiger partial charge in [-0.05, 0) is 34.6 Å². The van der Waals surface area contributed by atoms with Crippen molar-refractivity contribution in [3.63, 3.8) is 0 Å². The summed E-state index contributed by atoms with van der Waals surface area (Å²) in [5.41, 5.74) is 0.679. The van der Waals surface area contributed by atoms with Gasteiger partial charge in [0.15, 0.2) is 0 Å². The zero-order valence-electron chi connectivity index (χ0n) is 13.0. The van der Waals surface area contributed by atoms with Crippen LogP contribution in [0.15, 0.2) is 53.2 Å². The van der Waals surface area contributed by atoms with Gasteiger partial charge in [0.2, 0.25) is 11.6 Å². The number of imide groups is 1. The van der Waals surface area contributed by atoms with E-state index in [1.807, 2.05) is 0 Å². The number of carbonyl (C=O) groups is 3. The number of rotatable bonds is 3. The molecule has 0 aliphatic carbocycles. The fourth-order valence-corrected chi connectivity index (χ4v) is 2.83. The van der Waals surface area contributed by atoms with Crippen molar-refractivity contribution in [3.05, 3.63) is 70.2 Å². The van der Waals surface area contributed by atoms with Gasteiger partial charge in [0, 0.05) is 0 Å². The lowest BCUT2D eigenvalue weighted by molar-refractivity contribution is 0.0921. The summed E-state index contributed by atoms with van der Waals surface area (Å²) >= 11 is 5.99. The molecule has 1 aliphatic rings. The highest BCUT2D eigenvalue weighted by molar-refractivity contribution is 6.36. The standard InChI is InChI=1S/C17H9ClN4O4/c18-12-8-4-3-7-11(12)15(23)19-13-14(21-26-20-13)22-16(24)9-5-1-2-6-10(9)17(22)25/h1-8H,(H,19,20,23). The van der Waals surface area contributed by atoms with Gasteiger partial charge >= 0.3 is 0 Å². The van der Waals surface area contributed by atoms with Gasteiger partial charge in [-0.25, -0.2) is 9.53 Å². The minimum atomic E-state index is -0.579. The number of nitrogens with zero attached hydrogens (tertiary/aromatic N) is 3. The van der Waals surface area contributed by atoms with Crippen LogP contribution in [0.25, 0.3) is 0 Å². The van der Waals surface area contributed by atoms with Crippen LogP contribution in [0, 0.1) is 0 Å². The monoisotopic (exact) mass is 368 g/mol. The van der Waals surface area contributed by atoms with E-state index in [9.17, 15) is 14.4 Å². The van der Waals surface area contributed by atoms with E-state index >= 15 is 0 Å². The number of nitrogens with one attached hydrogen (secondary N) is 1. The van der Waals surface area contributed by atoms with Crippen molar-refractivity contribution in [2.45, 2.75) is 0 Å². The SMILES string of the molecule is O=C(Nc1nonc1N1C(=O)c2ccccc2C1=O)c1ccccc1Cl. The van der Waals surface area contributed by atoms with Crippen molar-refractivity contribution >= 4 is 41.0 Å². The Labute approximate surface area is 151 Å². The van der Waals surface area contributed by atoms with Crippen molar-refractivity contribution in [1.82, 2.24) is 10.3 Å². The van der Waals surface area contributed by atoms with E-state index in [0.717, 1.165) is 4.90 Å². The molecule has 26 heavy (non-hydrogen) atoms. The molecule has 0 atom stereocenters. The predicted molar refractivity (Wildman–Crippen MR) is 91.3 cm³/mol. The molecule has 0 spiro atoms. The normalized spacial score (nSPS) is 13.0. The lowest BCUT2D eigenvalue weighted by Gasteiger charge is -2.11. The van der Waals surface area contributed by atoms with Gasteiger partial charge in [0.25, 0.3) is 17.7 Å². The number of benzene rings is 2. The Kier molecular flexibility index (Phi) is 3.74. The highest BCUT2D eigenvalue weighted by atomic mass is 35.5. The number of carbonyl (C=O) groups excluding carboxylic acids is 3. The molecule has 1 aromatic heterocycles. The minimum Gasteiger partial charge on any atom is -0.300 e.